The van der Waals surface area contributed by atoms with Crippen molar-refractivity contribution in [2.75, 3.05) is 0 Å². The average molecular weight is 278 g/mol. The molecule has 0 unspecified atom stereocenters. The van der Waals surface area contributed by atoms with E-state index < -0.39 is 0 Å². The van der Waals surface area contributed by atoms with Crippen molar-refractivity contribution in [3.05, 3.63) is 22.2 Å². The first-order valence-electron chi connectivity index (χ1n) is 7.06. The van der Waals surface area contributed by atoms with Crippen LogP contribution in [0.15, 0.2) is 11.6 Å². The minimum atomic E-state index is -0.125. The van der Waals surface area contributed by atoms with Gasteiger partial charge < -0.3 is 0 Å². The van der Waals surface area contributed by atoms with Crippen LogP contribution in [0.3, 0.4) is 0 Å². The Morgan fingerprint density at radius 1 is 1.21 bits per heavy atom. The Labute approximate surface area is 119 Å². The summed E-state index contributed by atoms with van der Waals surface area (Å²) in [7, 11) is 0. The van der Waals surface area contributed by atoms with E-state index in [1.165, 1.54) is 30.8 Å². The molecule has 1 aromatic rings. The molecule has 1 aliphatic carbocycles. The second kappa shape index (κ2) is 5.95. The molecule has 1 heterocycles. The van der Waals surface area contributed by atoms with Crippen molar-refractivity contribution in [3.63, 3.8) is 0 Å². The van der Waals surface area contributed by atoms with Crippen LogP contribution in [-0.4, -0.2) is 15.4 Å². The highest BCUT2D eigenvalue weighted by Crippen LogP contribution is 2.29. The van der Waals surface area contributed by atoms with Gasteiger partial charge in [-0.3, -0.25) is 4.79 Å². The van der Waals surface area contributed by atoms with E-state index in [1.807, 2.05) is 0 Å². The van der Waals surface area contributed by atoms with Crippen LogP contribution < -0.4 is 0 Å². The van der Waals surface area contributed by atoms with Crippen LogP contribution in [0.25, 0.3) is 0 Å². The fourth-order valence-electron chi connectivity index (χ4n) is 2.37. The van der Waals surface area contributed by atoms with E-state index in [2.05, 4.69) is 36.4 Å². The zero-order chi connectivity index (χ0) is 13.9. The molecule has 0 fully saturated rings. The number of Topliss-reactive ketones (excluding diaryl/α,β-unsaturated/α-hetero) is 1. The summed E-state index contributed by atoms with van der Waals surface area (Å²) in [5.41, 5.74) is 1.68. The summed E-state index contributed by atoms with van der Waals surface area (Å²) in [5.74, 6) is 0.154. The summed E-state index contributed by atoms with van der Waals surface area (Å²) in [6, 6.07) is 0. The Kier molecular flexibility index (Phi) is 4.50. The Hall–Kier alpha value is -1.03. The minimum Gasteiger partial charge on any atom is -0.288 e. The van der Waals surface area contributed by atoms with Crippen LogP contribution in [0.1, 0.15) is 74.7 Å². The number of ketones is 1. The smallest absolute Gasteiger partial charge is 0.202 e. The number of rotatable bonds is 2. The van der Waals surface area contributed by atoms with Crippen molar-refractivity contribution in [2.24, 2.45) is 0 Å². The van der Waals surface area contributed by atoms with Crippen molar-refractivity contribution < 1.29 is 4.79 Å². The zero-order valence-electron chi connectivity index (χ0n) is 12.0. The molecule has 0 saturated carbocycles. The van der Waals surface area contributed by atoms with E-state index in [0.29, 0.717) is 0 Å². The van der Waals surface area contributed by atoms with Gasteiger partial charge in [0.1, 0.15) is 4.88 Å². The molecule has 2 rings (SSSR count). The van der Waals surface area contributed by atoms with Gasteiger partial charge in [-0.05, 0) is 42.8 Å². The van der Waals surface area contributed by atoms with Crippen molar-refractivity contribution in [1.29, 1.82) is 0 Å². The first kappa shape index (κ1) is 14.4. The Morgan fingerprint density at radius 2 is 1.95 bits per heavy atom. The van der Waals surface area contributed by atoms with E-state index in [-0.39, 0.29) is 11.2 Å². The Morgan fingerprint density at radius 3 is 2.68 bits per heavy atom. The second-order valence-electron chi connectivity index (χ2n) is 6.21. The van der Waals surface area contributed by atoms with Gasteiger partial charge in [0.15, 0.2) is 0 Å². The summed E-state index contributed by atoms with van der Waals surface area (Å²) in [6.45, 7) is 6.23. The van der Waals surface area contributed by atoms with E-state index in [4.69, 9.17) is 0 Å². The zero-order valence-corrected chi connectivity index (χ0v) is 12.8. The van der Waals surface area contributed by atoms with E-state index in [9.17, 15) is 4.79 Å². The standard InChI is InChI=1S/C15H22N2OS/c1-15(2,3)14-13(19-17-16-14)12(18)11-9-7-5-4-6-8-10-11/h9H,4-8,10H2,1-3H3. The van der Waals surface area contributed by atoms with Crippen LogP contribution in [0, 0.1) is 0 Å². The second-order valence-corrected chi connectivity index (χ2v) is 6.97. The molecule has 0 bridgehead atoms. The minimum absolute atomic E-state index is 0.125. The lowest BCUT2D eigenvalue weighted by atomic mass is 9.88. The molecular weight excluding hydrogens is 256 g/mol. The van der Waals surface area contributed by atoms with Crippen molar-refractivity contribution in [2.45, 2.75) is 64.7 Å². The van der Waals surface area contributed by atoms with Gasteiger partial charge in [-0.1, -0.05) is 44.2 Å². The largest absolute Gasteiger partial charge is 0.288 e. The van der Waals surface area contributed by atoms with E-state index in [0.717, 1.165) is 35.4 Å². The molecule has 0 radical (unpaired) electrons. The fraction of sp³-hybridized carbons (Fsp3) is 0.667. The maximum Gasteiger partial charge on any atom is 0.202 e. The van der Waals surface area contributed by atoms with Crippen molar-refractivity contribution >= 4 is 17.3 Å². The molecule has 104 valence electrons. The molecule has 4 heteroatoms. The van der Waals surface area contributed by atoms with Gasteiger partial charge in [-0.15, -0.1) is 5.10 Å². The molecule has 0 aromatic carbocycles. The van der Waals surface area contributed by atoms with Gasteiger partial charge in [-0.25, -0.2) is 0 Å². The Balaban J connectivity index is 2.26. The summed E-state index contributed by atoms with van der Waals surface area (Å²) < 4.78 is 3.99. The summed E-state index contributed by atoms with van der Waals surface area (Å²) >= 11 is 1.24. The number of allylic oxidation sites excluding steroid dienone is 2. The van der Waals surface area contributed by atoms with Crippen molar-refractivity contribution in [1.82, 2.24) is 9.59 Å². The quantitative estimate of drug-likeness (QED) is 0.757. The lowest BCUT2D eigenvalue weighted by molar-refractivity contribution is 0.103. The van der Waals surface area contributed by atoms with Gasteiger partial charge in [0.05, 0.1) is 5.69 Å². The third kappa shape index (κ3) is 3.50. The number of carbonyl (C=O) groups excluding carboxylic acids is 1. The topological polar surface area (TPSA) is 42.9 Å². The number of nitrogens with zero attached hydrogens (tertiary/aromatic N) is 2. The Bertz CT molecular complexity index is 483. The van der Waals surface area contributed by atoms with Gasteiger partial charge >= 0.3 is 0 Å². The summed E-state index contributed by atoms with van der Waals surface area (Å²) in [4.78, 5) is 13.4. The van der Waals surface area contributed by atoms with E-state index >= 15 is 0 Å². The summed E-state index contributed by atoms with van der Waals surface area (Å²) in [6.07, 6.45) is 8.90. The average Bonchev–Trinajstić information content (AvgIpc) is 2.76. The molecule has 0 atom stereocenters. The van der Waals surface area contributed by atoms with E-state index in [1.54, 1.807) is 0 Å². The highest BCUT2D eigenvalue weighted by atomic mass is 32.1. The van der Waals surface area contributed by atoms with Gasteiger partial charge in [0, 0.05) is 5.41 Å². The van der Waals surface area contributed by atoms with Crippen LogP contribution in [-0.2, 0) is 5.41 Å². The highest BCUT2D eigenvalue weighted by molar-refractivity contribution is 7.08. The lowest BCUT2D eigenvalue weighted by Gasteiger charge is -2.17. The monoisotopic (exact) mass is 278 g/mol. The molecule has 3 nitrogen and oxygen atoms in total. The number of aromatic nitrogens is 2. The van der Waals surface area contributed by atoms with Gasteiger partial charge in [0.2, 0.25) is 5.78 Å². The normalized spacial score (nSPS) is 17.5. The molecule has 0 N–H and O–H groups in total. The summed E-state index contributed by atoms with van der Waals surface area (Å²) in [5, 5.41) is 4.17. The first-order chi connectivity index (χ1) is 9.00. The molecular formula is C15H22N2OS. The number of carbonyl (C=O) groups is 1. The highest BCUT2D eigenvalue weighted by Gasteiger charge is 2.27. The maximum atomic E-state index is 12.7. The predicted octanol–water partition coefficient (Wildman–Crippen LogP) is 4.30. The molecule has 0 amide bonds. The number of hydrogen-bond donors (Lipinski definition) is 0. The molecule has 19 heavy (non-hydrogen) atoms. The molecule has 0 saturated heterocycles. The maximum absolute atomic E-state index is 12.7. The molecule has 1 aliphatic rings. The first-order valence-corrected chi connectivity index (χ1v) is 7.84. The van der Waals surface area contributed by atoms with Crippen LogP contribution in [0.5, 0.6) is 0 Å². The third-order valence-corrected chi connectivity index (χ3v) is 4.21. The molecule has 0 aliphatic heterocycles. The lowest BCUT2D eigenvalue weighted by Crippen LogP contribution is -2.17. The third-order valence-electron chi connectivity index (χ3n) is 3.49. The van der Waals surface area contributed by atoms with Crippen LogP contribution in [0.2, 0.25) is 0 Å². The predicted molar refractivity (Wildman–Crippen MR) is 78.7 cm³/mol. The van der Waals surface area contributed by atoms with Crippen molar-refractivity contribution in [3.8, 4) is 0 Å². The fourth-order valence-corrected chi connectivity index (χ4v) is 3.23. The SMILES string of the molecule is CC(C)(C)c1nnsc1C(=O)C1=CCCCCCC1. The van der Waals surface area contributed by atoms with Crippen LogP contribution >= 0.6 is 11.5 Å². The molecule has 1 aromatic heterocycles. The molecule has 0 spiro atoms. The van der Waals surface area contributed by atoms with Crippen LogP contribution in [0.4, 0.5) is 0 Å². The number of hydrogen-bond acceptors (Lipinski definition) is 4. The van der Waals surface area contributed by atoms with Gasteiger partial charge in [-0.2, -0.15) is 0 Å². The van der Waals surface area contributed by atoms with Gasteiger partial charge in [0.25, 0.3) is 0 Å².